The second-order valence-corrected chi connectivity index (χ2v) is 9.88. The molecule has 1 aliphatic rings. The van der Waals surface area contributed by atoms with E-state index in [1.807, 2.05) is 54.6 Å². The fourth-order valence-electron chi connectivity index (χ4n) is 4.24. The predicted octanol–water partition coefficient (Wildman–Crippen LogP) is 4.82. The first kappa shape index (κ1) is 27.9. The maximum atomic E-state index is 13.7. The molecule has 1 unspecified atom stereocenters. The molecule has 0 fully saturated rings. The number of rotatable bonds is 11. The van der Waals surface area contributed by atoms with Crippen LogP contribution in [0.5, 0.6) is 11.5 Å². The van der Waals surface area contributed by atoms with Gasteiger partial charge < -0.3 is 14.2 Å². The molecule has 0 saturated heterocycles. The second-order valence-electron chi connectivity index (χ2n) is 8.87. The molecule has 8 heteroatoms. The number of aromatic nitrogens is 1. The number of hydrogen-bond donors (Lipinski definition) is 0. The number of unbranched alkanes of at least 4 members (excludes halogenated alkanes) is 1. The number of carbonyl (C=O) groups excluding carboxylic acids is 1. The third kappa shape index (κ3) is 6.29. The molecule has 1 aliphatic heterocycles. The summed E-state index contributed by atoms with van der Waals surface area (Å²) in [6, 6.07) is 14.5. The van der Waals surface area contributed by atoms with Gasteiger partial charge >= 0.3 is 5.97 Å². The van der Waals surface area contributed by atoms with Gasteiger partial charge in [0.05, 0.1) is 35.6 Å². The van der Waals surface area contributed by atoms with Crippen molar-refractivity contribution in [1.82, 2.24) is 4.57 Å². The lowest BCUT2D eigenvalue weighted by Gasteiger charge is -2.25. The van der Waals surface area contributed by atoms with Crippen LogP contribution in [0, 0.1) is 0 Å². The van der Waals surface area contributed by atoms with Crippen LogP contribution in [-0.4, -0.2) is 30.9 Å². The number of benzene rings is 2. The summed E-state index contributed by atoms with van der Waals surface area (Å²) in [5, 5.41) is 0. The molecular weight excluding hydrogens is 512 g/mol. The van der Waals surface area contributed by atoms with Crippen LogP contribution in [0.1, 0.15) is 43.9 Å². The van der Waals surface area contributed by atoms with Crippen molar-refractivity contribution in [3.8, 4) is 11.5 Å². The highest BCUT2D eigenvalue weighted by molar-refractivity contribution is 7.07. The Morgan fingerprint density at radius 3 is 2.69 bits per heavy atom. The Balaban J connectivity index is 1.83. The number of carbonyl (C=O) groups is 1. The molecule has 7 nitrogen and oxygen atoms in total. The van der Waals surface area contributed by atoms with Crippen molar-refractivity contribution in [2.45, 2.75) is 32.7 Å². The second kappa shape index (κ2) is 13.1. The van der Waals surface area contributed by atoms with Crippen molar-refractivity contribution < 1.29 is 19.0 Å². The summed E-state index contributed by atoms with van der Waals surface area (Å²) >= 11 is 1.28. The van der Waals surface area contributed by atoms with E-state index < -0.39 is 12.0 Å². The van der Waals surface area contributed by atoms with Crippen molar-refractivity contribution in [1.29, 1.82) is 0 Å². The Kier molecular flexibility index (Phi) is 9.33. The number of ether oxygens (including phenoxy) is 3. The standard InChI is InChI=1S/C31H32N2O5S/c1-5-7-19-37-24-17-16-23(20-25(24)36-4)28-27(30(35)38-18-6-2)21(3)32-31-33(28)29(34)26(39-31)15-11-14-22-12-9-8-10-13-22/h6,8-17,20,28H,2,5,7,18-19H2,1,3-4H3. The average Bonchev–Trinajstić information content (AvgIpc) is 3.26. The minimum atomic E-state index is -0.752. The van der Waals surface area contributed by atoms with Crippen LogP contribution in [0.15, 0.2) is 88.3 Å². The molecular formula is C31H32N2O5S. The summed E-state index contributed by atoms with van der Waals surface area (Å²) in [4.78, 5) is 32.1. The molecule has 2 heterocycles. The molecule has 2 aromatic carbocycles. The van der Waals surface area contributed by atoms with Gasteiger partial charge in [0.1, 0.15) is 6.61 Å². The summed E-state index contributed by atoms with van der Waals surface area (Å²) in [6.07, 6.45) is 8.98. The van der Waals surface area contributed by atoms with Gasteiger partial charge in [-0.3, -0.25) is 9.36 Å². The topological polar surface area (TPSA) is 79.1 Å². The summed E-state index contributed by atoms with van der Waals surface area (Å²) in [6.45, 7) is 8.09. The first-order valence-corrected chi connectivity index (χ1v) is 13.6. The highest BCUT2D eigenvalue weighted by Gasteiger charge is 2.34. The van der Waals surface area contributed by atoms with E-state index in [-0.39, 0.29) is 17.7 Å². The molecule has 4 rings (SSSR count). The van der Waals surface area contributed by atoms with Crippen molar-refractivity contribution in [3.63, 3.8) is 0 Å². The number of fused-ring (bicyclic) bond motifs is 1. The fraction of sp³-hybridized carbons (Fsp3) is 0.258. The van der Waals surface area contributed by atoms with E-state index in [2.05, 4.69) is 18.5 Å². The monoisotopic (exact) mass is 544 g/mol. The number of esters is 1. The maximum absolute atomic E-state index is 13.7. The maximum Gasteiger partial charge on any atom is 0.338 e. The molecule has 0 radical (unpaired) electrons. The summed E-state index contributed by atoms with van der Waals surface area (Å²) in [7, 11) is 1.57. The lowest BCUT2D eigenvalue weighted by molar-refractivity contribution is -0.138. The minimum Gasteiger partial charge on any atom is -0.493 e. The first-order valence-electron chi connectivity index (χ1n) is 12.8. The lowest BCUT2D eigenvalue weighted by atomic mass is 9.95. The summed E-state index contributed by atoms with van der Waals surface area (Å²) in [5.41, 5.74) is 2.24. The molecule has 3 aromatic rings. The van der Waals surface area contributed by atoms with E-state index >= 15 is 0 Å². The Morgan fingerprint density at radius 1 is 1.18 bits per heavy atom. The summed E-state index contributed by atoms with van der Waals surface area (Å²) < 4.78 is 19.0. The van der Waals surface area contributed by atoms with Gasteiger partial charge in [-0.05, 0) is 42.7 Å². The summed E-state index contributed by atoms with van der Waals surface area (Å²) in [5.74, 6) is 0.566. The SMILES string of the molecule is C=CCOC(=O)C1=C(C)N=c2sc(=CC=Cc3ccccc3)c(=O)n2C1c1ccc(OCCCC)c(OC)c1. The van der Waals surface area contributed by atoms with Gasteiger partial charge in [0.15, 0.2) is 16.3 Å². The van der Waals surface area contributed by atoms with Crippen molar-refractivity contribution in [2.24, 2.45) is 4.99 Å². The van der Waals surface area contributed by atoms with Crippen molar-refractivity contribution in [2.75, 3.05) is 20.3 Å². The third-order valence-corrected chi connectivity index (χ3v) is 7.17. The minimum absolute atomic E-state index is 0.0462. The molecule has 202 valence electrons. The Hall–Kier alpha value is -4.17. The average molecular weight is 545 g/mol. The molecule has 39 heavy (non-hydrogen) atoms. The number of methoxy groups -OCH3 is 1. The number of hydrogen-bond acceptors (Lipinski definition) is 7. The van der Waals surface area contributed by atoms with Gasteiger partial charge in [-0.25, -0.2) is 9.79 Å². The zero-order valence-corrected chi connectivity index (χ0v) is 23.2. The smallest absolute Gasteiger partial charge is 0.338 e. The van der Waals surface area contributed by atoms with Crippen molar-refractivity contribution in [3.05, 3.63) is 109 Å². The van der Waals surface area contributed by atoms with Crippen LogP contribution in [0.4, 0.5) is 0 Å². The van der Waals surface area contributed by atoms with Crippen LogP contribution in [0.3, 0.4) is 0 Å². The van der Waals surface area contributed by atoms with Crippen LogP contribution in [0.25, 0.3) is 12.2 Å². The molecule has 0 spiro atoms. The zero-order valence-electron chi connectivity index (χ0n) is 22.4. The van der Waals surface area contributed by atoms with Crippen LogP contribution >= 0.6 is 11.3 Å². The molecule has 0 N–H and O–H groups in total. The normalized spacial score (nSPS) is 15.2. The van der Waals surface area contributed by atoms with Crippen molar-refractivity contribution >= 4 is 29.5 Å². The van der Waals surface area contributed by atoms with E-state index in [1.54, 1.807) is 30.7 Å². The van der Waals surface area contributed by atoms with E-state index in [0.717, 1.165) is 18.4 Å². The Morgan fingerprint density at radius 2 is 1.97 bits per heavy atom. The van der Waals surface area contributed by atoms with Gasteiger partial charge in [0.2, 0.25) is 0 Å². The third-order valence-electron chi connectivity index (χ3n) is 6.17. The van der Waals surface area contributed by atoms with E-state index in [9.17, 15) is 9.59 Å². The first-order chi connectivity index (χ1) is 19.0. The van der Waals surface area contributed by atoms with E-state index in [0.29, 0.717) is 38.7 Å². The van der Waals surface area contributed by atoms with Crippen LogP contribution < -0.4 is 24.4 Å². The highest BCUT2D eigenvalue weighted by Crippen LogP contribution is 2.36. The van der Waals surface area contributed by atoms with Crippen LogP contribution in [0.2, 0.25) is 0 Å². The zero-order chi connectivity index (χ0) is 27.8. The fourth-order valence-corrected chi connectivity index (χ4v) is 5.23. The van der Waals surface area contributed by atoms with E-state index in [1.165, 1.54) is 17.4 Å². The van der Waals surface area contributed by atoms with E-state index in [4.69, 9.17) is 14.2 Å². The molecule has 0 bridgehead atoms. The van der Waals surface area contributed by atoms with Gasteiger partial charge in [-0.15, -0.1) is 0 Å². The Labute approximate surface area is 231 Å². The Bertz CT molecular complexity index is 1580. The number of thiazole rings is 1. The molecule has 0 saturated carbocycles. The quantitative estimate of drug-likeness (QED) is 0.197. The van der Waals surface area contributed by atoms with Gasteiger partial charge in [-0.1, -0.05) is 85.9 Å². The predicted molar refractivity (Wildman–Crippen MR) is 155 cm³/mol. The molecule has 1 atom stereocenters. The largest absolute Gasteiger partial charge is 0.493 e. The molecule has 1 aromatic heterocycles. The van der Waals surface area contributed by atoms with Gasteiger partial charge in [-0.2, -0.15) is 0 Å². The lowest BCUT2D eigenvalue weighted by Crippen LogP contribution is -2.39. The molecule has 0 amide bonds. The number of nitrogens with zero attached hydrogens (tertiary/aromatic N) is 2. The molecule has 0 aliphatic carbocycles. The van der Waals surface area contributed by atoms with Gasteiger partial charge in [0.25, 0.3) is 5.56 Å². The highest BCUT2D eigenvalue weighted by atomic mass is 32.1. The van der Waals surface area contributed by atoms with Gasteiger partial charge in [0, 0.05) is 0 Å². The van der Waals surface area contributed by atoms with Crippen LogP contribution in [-0.2, 0) is 9.53 Å². The number of allylic oxidation sites excluding steroid dienone is 2.